The van der Waals surface area contributed by atoms with E-state index < -0.39 is 12.8 Å². The van der Waals surface area contributed by atoms with Crippen LogP contribution in [0, 0.1) is 18.8 Å². The molecule has 0 spiro atoms. The van der Waals surface area contributed by atoms with Crippen molar-refractivity contribution >= 4 is 28.2 Å². The molecule has 0 atom stereocenters. The van der Waals surface area contributed by atoms with Crippen LogP contribution in [0.5, 0.6) is 5.19 Å². The van der Waals surface area contributed by atoms with E-state index in [0.717, 1.165) is 80.7 Å². The van der Waals surface area contributed by atoms with Gasteiger partial charge >= 0.3 is 6.18 Å². The summed E-state index contributed by atoms with van der Waals surface area (Å²) in [5, 5.41) is 0.125. The second-order valence-corrected chi connectivity index (χ2v) is 11.4. The molecule has 0 amide bonds. The van der Waals surface area contributed by atoms with Gasteiger partial charge < -0.3 is 14.1 Å². The third kappa shape index (κ3) is 6.90. The SMILES string of the molecule is Cc1nc2ccc(C(=O)CC3CCC(CCN4CCc5nc(OCC(F)(F)F)sc5CC4)CC3)cc2o1. The molecule has 1 fully saturated rings. The van der Waals surface area contributed by atoms with Gasteiger partial charge in [-0.3, -0.25) is 4.79 Å². The van der Waals surface area contributed by atoms with Crippen LogP contribution < -0.4 is 4.74 Å². The quantitative estimate of drug-likeness (QED) is 0.311. The zero-order valence-corrected chi connectivity index (χ0v) is 21.8. The van der Waals surface area contributed by atoms with E-state index in [4.69, 9.17) is 9.15 Å². The highest BCUT2D eigenvalue weighted by Crippen LogP contribution is 2.34. The number of thiazole rings is 1. The molecule has 6 nitrogen and oxygen atoms in total. The first kappa shape index (κ1) is 26.2. The zero-order valence-electron chi connectivity index (χ0n) is 21.0. The number of hydrogen-bond acceptors (Lipinski definition) is 7. The van der Waals surface area contributed by atoms with Gasteiger partial charge in [0.2, 0.25) is 0 Å². The number of oxazole rings is 1. The lowest BCUT2D eigenvalue weighted by molar-refractivity contribution is -0.153. The average Bonchev–Trinajstić information content (AvgIpc) is 3.38. The molecule has 5 rings (SSSR count). The number of Topliss-reactive ketones (excluding diaryl/α,β-unsaturated/α-hetero) is 1. The monoisotopic (exact) mass is 535 g/mol. The summed E-state index contributed by atoms with van der Waals surface area (Å²) in [5.41, 5.74) is 3.04. The number of nitrogens with zero attached hydrogens (tertiary/aromatic N) is 3. The van der Waals surface area contributed by atoms with Crippen LogP contribution in [0.4, 0.5) is 13.2 Å². The van der Waals surface area contributed by atoms with Crippen molar-refractivity contribution < 1.29 is 27.1 Å². The van der Waals surface area contributed by atoms with E-state index in [2.05, 4.69) is 14.9 Å². The minimum atomic E-state index is -4.35. The van der Waals surface area contributed by atoms with Crippen molar-refractivity contribution in [2.45, 2.75) is 64.5 Å². The zero-order chi connectivity index (χ0) is 26.0. The van der Waals surface area contributed by atoms with E-state index in [-0.39, 0.29) is 11.0 Å². The second-order valence-electron chi connectivity index (χ2n) is 10.3. The predicted molar refractivity (Wildman–Crippen MR) is 135 cm³/mol. The number of halogens is 3. The summed E-state index contributed by atoms with van der Waals surface area (Å²) in [5.74, 6) is 1.90. The fourth-order valence-electron chi connectivity index (χ4n) is 5.50. The summed E-state index contributed by atoms with van der Waals surface area (Å²) in [6.45, 7) is 3.30. The van der Waals surface area contributed by atoms with Crippen LogP contribution in [-0.2, 0) is 12.8 Å². The van der Waals surface area contributed by atoms with Gasteiger partial charge in [0.05, 0.1) is 5.69 Å². The smallest absolute Gasteiger partial charge is 0.422 e. The number of carbonyl (C=O) groups is 1. The van der Waals surface area contributed by atoms with Gasteiger partial charge in [-0.2, -0.15) is 13.2 Å². The summed E-state index contributed by atoms with van der Waals surface area (Å²) < 4.78 is 47.6. The molecular formula is C27H32F3N3O3S. The van der Waals surface area contributed by atoms with E-state index in [1.54, 1.807) is 6.92 Å². The van der Waals surface area contributed by atoms with Crippen LogP contribution in [0.25, 0.3) is 11.1 Å². The predicted octanol–water partition coefficient (Wildman–Crippen LogP) is 6.40. The Morgan fingerprint density at radius 3 is 2.68 bits per heavy atom. The molecule has 1 aromatic carbocycles. The highest BCUT2D eigenvalue weighted by Gasteiger charge is 2.30. The van der Waals surface area contributed by atoms with Gasteiger partial charge in [-0.25, -0.2) is 9.97 Å². The highest BCUT2D eigenvalue weighted by atomic mass is 32.1. The Labute approximate surface area is 218 Å². The summed E-state index contributed by atoms with van der Waals surface area (Å²) in [6.07, 6.45) is 3.41. The maximum absolute atomic E-state index is 12.9. The van der Waals surface area contributed by atoms with E-state index in [9.17, 15) is 18.0 Å². The number of benzene rings is 1. The Morgan fingerprint density at radius 1 is 1.14 bits per heavy atom. The summed E-state index contributed by atoms with van der Waals surface area (Å²) >= 11 is 1.25. The summed E-state index contributed by atoms with van der Waals surface area (Å²) in [4.78, 5) is 24.9. The first-order valence-corrected chi connectivity index (χ1v) is 13.8. The Balaban J connectivity index is 1.03. The number of rotatable bonds is 8. The standard InChI is InChI=1S/C27H32F3N3O3S/c1-17-31-21-7-6-20(15-24(21)36-17)23(34)14-19-4-2-18(3-5-19)8-11-33-12-9-22-25(10-13-33)37-26(32-22)35-16-27(28,29)30/h6-7,15,18-19H,2-5,8-14,16H2,1H3. The summed E-state index contributed by atoms with van der Waals surface area (Å²) in [6, 6.07) is 5.52. The number of aromatic nitrogens is 2. The Hall–Kier alpha value is -2.46. The summed E-state index contributed by atoms with van der Waals surface area (Å²) in [7, 11) is 0. The normalized spacial score (nSPS) is 21.1. The van der Waals surface area contributed by atoms with E-state index in [0.29, 0.717) is 35.3 Å². The Kier molecular flexibility index (Phi) is 7.85. The fourth-order valence-corrected chi connectivity index (χ4v) is 6.44. The van der Waals surface area contributed by atoms with Crippen LogP contribution >= 0.6 is 11.3 Å². The molecule has 1 aliphatic heterocycles. The average molecular weight is 536 g/mol. The molecule has 200 valence electrons. The number of carbonyl (C=O) groups excluding carboxylic acids is 1. The van der Waals surface area contributed by atoms with Crippen LogP contribution in [-0.4, -0.2) is 53.1 Å². The number of hydrogen-bond donors (Lipinski definition) is 0. The van der Waals surface area contributed by atoms with Crippen molar-refractivity contribution in [3.63, 3.8) is 0 Å². The minimum absolute atomic E-state index is 0.125. The van der Waals surface area contributed by atoms with E-state index in [1.807, 2.05) is 18.2 Å². The highest BCUT2D eigenvalue weighted by molar-refractivity contribution is 7.13. The molecule has 0 unspecified atom stereocenters. The number of aryl methyl sites for hydroxylation is 1. The maximum Gasteiger partial charge on any atom is 0.422 e. The number of fused-ring (bicyclic) bond motifs is 2. The van der Waals surface area contributed by atoms with Gasteiger partial charge in [0, 0.05) is 43.3 Å². The van der Waals surface area contributed by atoms with E-state index in [1.165, 1.54) is 11.3 Å². The van der Waals surface area contributed by atoms with Crippen LogP contribution in [0.2, 0.25) is 0 Å². The van der Waals surface area contributed by atoms with Crippen LogP contribution in [0.15, 0.2) is 22.6 Å². The van der Waals surface area contributed by atoms with Crippen molar-refractivity contribution in [1.29, 1.82) is 0 Å². The molecule has 10 heteroatoms. The van der Waals surface area contributed by atoms with Gasteiger partial charge in [-0.05, 0) is 62.3 Å². The number of alkyl halides is 3. The van der Waals surface area contributed by atoms with Crippen LogP contribution in [0.1, 0.15) is 65.3 Å². The van der Waals surface area contributed by atoms with E-state index >= 15 is 0 Å². The lowest BCUT2D eigenvalue weighted by atomic mass is 9.78. The van der Waals surface area contributed by atoms with Crippen LogP contribution in [0.3, 0.4) is 0 Å². The first-order chi connectivity index (χ1) is 17.7. The van der Waals surface area contributed by atoms with Gasteiger partial charge in [-0.15, -0.1) is 0 Å². The maximum atomic E-state index is 12.9. The Morgan fingerprint density at radius 2 is 1.89 bits per heavy atom. The third-order valence-electron chi connectivity index (χ3n) is 7.55. The molecule has 2 aliphatic rings. The molecule has 37 heavy (non-hydrogen) atoms. The van der Waals surface area contributed by atoms with Crippen molar-refractivity contribution in [2.75, 3.05) is 26.2 Å². The molecule has 3 aromatic rings. The van der Waals surface area contributed by atoms with Gasteiger partial charge in [0.25, 0.3) is 5.19 Å². The topological polar surface area (TPSA) is 68.5 Å². The lowest BCUT2D eigenvalue weighted by Gasteiger charge is -2.30. The molecule has 0 saturated heterocycles. The van der Waals surface area contributed by atoms with Crippen molar-refractivity contribution in [1.82, 2.24) is 14.9 Å². The van der Waals surface area contributed by atoms with Gasteiger partial charge in [0.1, 0.15) is 5.52 Å². The fraction of sp³-hybridized carbons (Fsp3) is 0.593. The van der Waals surface area contributed by atoms with Crippen molar-refractivity contribution in [2.24, 2.45) is 11.8 Å². The van der Waals surface area contributed by atoms with Gasteiger partial charge in [0.15, 0.2) is 23.9 Å². The molecule has 0 bridgehead atoms. The largest absolute Gasteiger partial charge is 0.460 e. The van der Waals surface area contributed by atoms with Crippen molar-refractivity contribution in [3.05, 3.63) is 40.2 Å². The second kappa shape index (κ2) is 11.1. The minimum Gasteiger partial charge on any atom is -0.460 e. The lowest BCUT2D eigenvalue weighted by Crippen LogP contribution is -2.29. The molecule has 3 heterocycles. The molecule has 1 aliphatic carbocycles. The Bertz CT molecular complexity index is 1210. The molecule has 2 aromatic heterocycles. The molecule has 1 saturated carbocycles. The molecular weight excluding hydrogens is 503 g/mol. The molecule has 0 radical (unpaired) electrons. The number of ether oxygens (including phenoxy) is 1. The number of ketones is 1. The van der Waals surface area contributed by atoms with Crippen molar-refractivity contribution in [3.8, 4) is 5.19 Å². The van der Waals surface area contributed by atoms with Gasteiger partial charge in [-0.1, -0.05) is 24.2 Å². The first-order valence-electron chi connectivity index (χ1n) is 13.0. The third-order valence-corrected chi connectivity index (χ3v) is 8.62. The molecule has 0 N–H and O–H groups in total.